The summed E-state index contributed by atoms with van der Waals surface area (Å²) in [5, 5.41) is 0. The zero-order chi connectivity index (χ0) is 12.3. The van der Waals surface area contributed by atoms with Gasteiger partial charge in [0.1, 0.15) is 5.60 Å². The molecule has 4 rings (SSSR count). The summed E-state index contributed by atoms with van der Waals surface area (Å²) in [4.78, 5) is 12.8. The summed E-state index contributed by atoms with van der Waals surface area (Å²) in [6.07, 6.45) is 6.07. The maximum absolute atomic E-state index is 12.8. The molecule has 4 aliphatic rings. The fraction of sp³-hybridized carbons (Fsp3) is 0.933. The first-order valence-electron chi connectivity index (χ1n) is 7.03. The van der Waals surface area contributed by atoms with Gasteiger partial charge in [-0.3, -0.25) is 4.79 Å². The summed E-state index contributed by atoms with van der Waals surface area (Å²) in [6.45, 7) is 8.70. The Hall–Kier alpha value is -0.370. The summed E-state index contributed by atoms with van der Waals surface area (Å²) in [7, 11) is 0. The van der Waals surface area contributed by atoms with E-state index >= 15 is 0 Å². The van der Waals surface area contributed by atoms with Gasteiger partial charge in [0.05, 0.1) is 5.60 Å². The van der Waals surface area contributed by atoms with Gasteiger partial charge >= 0.3 is 0 Å². The maximum atomic E-state index is 12.8. The SMILES string of the molecule is CC1(C)C(=O)[C@]2(C)O[C@]3(C)CC[C@]14CCC[C@]432. The number of ketones is 1. The molecule has 0 N–H and O–H groups in total. The van der Waals surface area contributed by atoms with Crippen LogP contribution in [0.15, 0.2) is 0 Å². The molecule has 0 aromatic heterocycles. The highest BCUT2D eigenvalue weighted by molar-refractivity contribution is 5.99. The molecule has 0 radical (unpaired) electrons. The molecule has 0 unspecified atom stereocenters. The van der Waals surface area contributed by atoms with Crippen LogP contribution in [-0.4, -0.2) is 17.0 Å². The highest BCUT2D eigenvalue weighted by Gasteiger charge is 2.92. The summed E-state index contributed by atoms with van der Waals surface area (Å²) >= 11 is 0. The van der Waals surface area contributed by atoms with E-state index in [1.54, 1.807) is 0 Å². The Bertz CT molecular complexity index is 454. The van der Waals surface area contributed by atoms with E-state index in [0.29, 0.717) is 5.78 Å². The normalized spacial score (nSPS) is 62.2. The Balaban J connectivity index is 2.07. The lowest BCUT2D eigenvalue weighted by atomic mass is 9.53. The van der Waals surface area contributed by atoms with Crippen molar-refractivity contribution >= 4 is 5.78 Å². The molecule has 1 spiro atoms. The first-order valence-corrected chi connectivity index (χ1v) is 7.03. The minimum atomic E-state index is -0.474. The van der Waals surface area contributed by atoms with Gasteiger partial charge in [0.25, 0.3) is 0 Å². The second-order valence-electron chi connectivity index (χ2n) is 7.66. The molecule has 4 atom stereocenters. The average molecular weight is 234 g/mol. The summed E-state index contributed by atoms with van der Waals surface area (Å²) in [5.74, 6) is 0.377. The van der Waals surface area contributed by atoms with Gasteiger partial charge in [-0.25, -0.2) is 0 Å². The molecule has 94 valence electrons. The molecule has 1 heterocycles. The van der Waals surface area contributed by atoms with Crippen LogP contribution in [0, 0.1) is 16.2 Å². The fourth-order valence-electron chi connectivity index (χ4n) is 6.92. The number of ether oxygens (including phenoxy) is 1. The number of hydrogen-bond donors (Lipinski definition) is 0. The predicted molar refractivity (Wildman–Crippen MR) is 64.6 cm³/mol. The second kappa shape index (κ2) is 2.24. The third-order valence-electron chi connectivity index (χ3n) is 7.35. The van der Waals surface area contributed by atoms with E-state index in [-0.39, 0.29) is 21.8 Å². The van der Waals surface area contributed by atoms with Crippen molar-refractivity contribution in [2.45, 2.75) is 71.0 Å². The molecule has 17 heavy (non-hydrogen) atoms. The van der Waals surface area contributed by atoms with E-state index in [9.17, 15) is 4.79 Å². The van der Waals surface area contributed by atoms with E-state index < -0.39 is 5.60 Å². The van der Waals surface area contributed by atoms with Crippen LogP contribution in [0.1, 0.15) is 59.8 Å². The molecule has 0 aromatic carbocycles. The van der Waals surface area contributed by atoms with E-state index in [1.807, 2.05) is 0 Å². The van der Waals surface area contributed by atoms with E-state index in [0.717, 1.165) is 6.42 Å². The number of rotatable bonds is 0. The third-order valence-corrected chi connectivity index (χ3v) is 7.35. The molecular formula is C15H22O2. The van der Waals surface area contributed by atoms with Crippen LogP contribution in [0.5, 0.6) is 0 Å². The van der Waals surface area contributed by atoms with Crippen LogP contribution in [0.2, 0.25) is 0 Å². The quantitative estimate of drug-likeness (QED) is 0.644. The van der Waals surface area contributed by atoms with Crippen LogP contribution in [0.25, 0.3) is 0 Å². The molecule has 0 bridgehead atoms. The fourth-order valence-corrected chi connectivity index (χ4v) is 6.92. The molecule has 3 saturated carbocycles. The molecule has 3 aliphatic carbocycles. The first-order chi connectivity index (χ1) is 7.78. The molecule has 0 aromatic rings. The minimum Gasteiger partial charge on any atom is -0.360 e. The summed E-state index contributed by atoms with van der Waals surface area (Å²) < 4.78 is 6.23. The number of carbonyl (C=O) groups excluding carboxylic acids is 1. The lowest BCUT2D eigenvalue weighted by molar-refractivity contribution is -0.341. The summed E-state index contributed by atoms with van der Waals surface area (Å²) in [5.41, 5.74) is -0.279. The highest BCUT2D eigenvalue weighted by atomic mass is 16.6. The molecule has 2 heteroatoms. The van der Waals surface area contributed by atoms with Crippen molar-refractivity contribution in [3.8, 4) is 0 Å². The Kier molecular flexibility index (Phi) is 1.39. The minimum absolute atomic E-state index is 0.0122. The monoisotopic (exact) mass is 234 g/mol. The van der Waals surface area contributed by atoms with E-state index in [1.165, 1.54) is 25.7 Å². The van der Waals surface area contributed by atoms with Gasteiger partial charge in [0.15, 0.2) is 5.78 Å². The average Bonchev–Trinajstić information content (AvgIpc) is 2.77. The van der Waals surface area contributed by atoms with Crippen molar-refractivity contribution in [2.24, 2.45) is 16.2 Å². The smallest absolute Gasteiger partial charge is 0.171 e. The zero-order valence-corrected chi connectivity index (χ0v) is 11.4. The van der Waals surface area contributed by atoms with Crippen molar-refractivity contribution in [3.05, 3.63) is 0 Å². The Morgan fingerprint density at radius 1 is 1.00 bits per heavy atom. The third kappa shape index (κ3) is 0.616. The molecule has 1 saturated heterocycles. The van der Waals surface area contributed by atoms with Gasteiger partial charge in [0, 0.05) is 10.8 Å². The molecule has 4 fully saturated rings. The second-order valence-corrected chi connectivity index (χ2v) is 7.66. The van der Waals surface area contributed by atoms with Crippen molar-refractivity contribution in [2.75, 3.05) is 0 Å². The first kappa shape index (κ1) is 10.5. The van der Waals surface area contributed by atoms with E-state index in [4.69, 9.17) is 4.74 Å². The zero-order valence-electron chi connectivity index (χ0n) is 11.4. The Morgan fingerprint density at radius 2 is 1.71 bits per heavy atom. The van der Waals surface area contributed by atoms with Crippen LogP contribution in [-0.2, 0) is 9.53 Å². The highest BCUT2D eigenvalue weighted by Crippen LogP contribution is 2.87. The maximum Gasteiger partial charge on any atom is 0.171 e. The van der Waals surface area contributed by atoms with Gasteiger partial charge in [-0.1, -0.05) is 20.3 Å². The van der Waals surface area contributed by atoms with Crippen molar-refractivity contribution in [3.63, 3.8) is 0 Å². The van der Waals surface area contributed by atoms with Crippen LogP contribution >= 0.6 is 0 Å². The predicted octanol–water partition coefficient (Wildman–Crippen LogP) is 3.09. The van der Waals surface area contributed by atoms with Crippen molar-refractivity contribution in [1.29, 1.82) is 0 Å². The van der Waals surface area contributed by atoms with Gasteiger partial charge in [0.2, 0.25) is 0 Å². The molecule has 0 amide bonds. The van der Waals surface area contributed by atoms with E-state index in [2.05, 4.69) is 27.7 Å². The molecule has 1 aliphatic heterocycles. The number of Topliss-reactive ketones (excluding diaryl/α,β-unsaturated/α-hetero) is 1. The Labute approximate surface area is 103 Å². The van der Waals surface area contributed by atoms with Gasteiger partial charge in [-0.2, -0.15) is 0 Å². The van der Waals surface area contributed by atoms with Crippen LogP contribution in [0.4, 0.5) is 0 Å². The lowest BCUT2D eigenvalue weighted by Crippen LogP contribution is -2.73. The largest absolute Gasteiger partial charge is 0.360 e. The number of hydrogen-bond acceptors (Lipinski definition) is 2. The topological polar surface area (TPSA) is 26.3 Å². The van der Waals surface area contributed by atoms with Gasteiger partial charge < -0.3 is 4.74 Å². The van der Waals surface area contributed by atoms with Gasteiger partial charge in [-0.15, -0.1) is 0 Å². The molecule has 2 nitrogen and oxygen atoms in total. The van der Waals surface area contributed by atoms with Crippen molar-refractivity contribution in [1.82, 2.24) is 0 Å². The van der Waals surface area contributed by atoms with Crippen LogP contribution in [0.3, 0.4) is 0 Å². The van der Waals surface area contributed by atoms with Crippen LogP contribution < -0.4 is 0 Å². The Morgan fingerprint density at radius 3 is 2.35 bits per heavy atom. The van der Waals surface area contributed by atoms with Gasteiger partial charge in [-0.05, 0) is 44.9 Å². The standard InChI is InChI=1S/C15H22O2/c1-11(2)10(16)13(4)15-7-5-6-14(11,15)9-8-12(15,3)17-13/h5-9H2,1-4H3/t12-,13+,14-,15+/m1/s1. The molecular weight excluding hydrogens is 212 g/mol. The number of carbonyl (C=O) groups is 1. The van der Waals surface area contributed by atoms with Crippen molar-refractivity contribution < 1.29 is 9.53 Å². The lowest BCUT2D eigenvalue weighted by Gasteiger charge is -2.64. The summed E-state index contributed by atoms with van der Waals surface area (Å²) in [6, 6.07) is 0.